The number of ketones is 1. The molecule has 1 amide bonds. The van der Waals surface area contributed by atoms with Crippen LogP contribution in [-0.2, 0) is 15.7 Å². The van der Waals surface area contributed by atoms with Gasteiger partial charge in [-0.15, -0.1) is 0 Å². The number of hydrogen-bond acceptors (Lipinski definition) is 4. The van der Waals surface area contributed by atoms with E-state index in [9.17, 15) is 27.6 Å². The molecule has 2 aromatic carbocycles. The van der Waals surface area contributed by atoms with Crippen LogP contribution in [0.4, 0.5) is 13.2 Å². The summed E-state index contributed by atoms with van der Waals surface area (Å²) in [5, 5.41) is 2.24. The molecule has 0 fully saturated rings. The van der Waals surface area contributed by atoms with Crippen LogP contribution < -0.4 is 5.32 Å². The van der Waals surface area contributed by atoms with Gasteiger partial charge in [0, 0.05) is 11.1 Å². The molecule has 148 valence electrons. The van der Waals surface area contributed by atoms with Crippen LogP contribution in [0.5, 0.6) is 0 Å². The maximum absolute atomic E-state index is 12.5. The molecule has 1 atom stereocenters. The van der Waals surface area contributed by atoms with Crippen molar-refractivity contribution in [2.75, 3.05) is 6.54 Å². The molecular formula is C20H18F3NO4. The summed E-state index contributed by atoms with van der Waals surface area (Å²) in [7, 11) is 0. The molecule has 0 unspecified atom stereocenters. The Labute approximate surface area is 159 Å². The zero-order chi connectivity index (χ0) is 20.9. The number of halogens is 3. The van der Waals surface area contributed by atoms with Crippen molar-refractivity contribution in [3.63, 3.8) is 0 Å². The highest BCUT2D eigenvalue weighted by Crippen LogP contribution is 2.29. The van der Waals surface area contributed by atoms with Gasteiger partial charge in [0.05, 0.1) is 5.56 Å². The monoisotopic (exact) mass is 393 g/mol. The van der Waals surface area contributed by atoms with E-state index < -0.39 is 36.3 Å². The number of Topliss-reactive ketones (excluding diaryl/α,β-unsaturated/α-hetero) is 1. The van der Waals surface area contributed by atoms with Crippen molar-refractivity contribution in [2.45, 2.75) is 26.1 Å². The minimum absolute atomic E-state index is 0.0374. The fourth-order valence-electron chi connectivity index (χ4n) is 2.31. The van der Waals surface area contributed by atoms with Crippen LogP contribution in [0, 0.1) is 6.92 Å². The van der Waals surface area contributed by atoms with Gasteiger partial charge in [-0.25, -0.2) is 0 Å². The number of nitrogens with one attached hydrogen (secondary N) is 1. The topological polar surface area (TPSA) is 72.5 Å². The lowest BCUT2D eigenvalue weighted by molar-refractivity contribution is -0.145. The molecule has 0 aliphatic rings. The molecule has 0 spiro atoms. The number of aryl methyl sites for hydroxylation is 1. The first kappa shape index (κ1) is 21.1. The van der Waals surface area contributed by atoms with E-state index in [2.05, 4.69) is 5.32 Å². The van der Waals surface area contributed by atoms with Crippen molar-refractivity contribution in [3.8, 4) is 0 Å². The van der Waals surface area contributed by atoms with Crippen LogP contribution in [-0.4, -0.2) is 30.3 Å². The molecule has 28 heavy (non-hydrogen) atoms. The summed E-state index contributed by atoms with van der Waals surface area (Å²) in [6, 6.07) is 10.3. The predicted molar refractivity (Wildman–Crippen MR) is 94.8 cm³/mol. The lowest BCUT2D eigenvalue weighted by Gasteiger charge is -2.13. The average Bonchev–Trinajstić information content (AvgIpc) is 2.65. The average molecular weight is 393 g/mol. The molecule has 0 radical (unpaired) electrons. The Bertz CT molecular complexity index is 859. The maximum atomic E-state index is 12.5. The predicted octanol–water partition coefficient (Wildman–Crippen LogP) is 3.56. The van der Waals surface area contributed by atoms with Gasteiger partial charge >= 0.3 is 12.1 Å². The highest BCUT2D eigenvalue weighted by atomic mass is 19.4. The number of carbonyl (C=O) groups excluding carboxylic acids is 3. The van der Waals surface area contributed by atoms with Gasteiger partial charge in [0.25, 0.3) is 5.91 Å². The first-order valence-corrected chi connectivity index (χ1v) is 8.34. The van der Waals surface area contributed by atoms with Crippen molar-refractivity contribution in [3.05, 3.63) is 70.8 Å². The molecule has 0 aliphatic heterocycles. The lowest BCUT2D eigenvalue weighted by atomic mass is 10.1. The number of alkyl halides is 3. The summed E-state index contributed by atoms with van der Waals surface area (Å²) in [5.74, 6) is -1.96. The third-order valence-corrected chi connectivity index (χ3v) is 3.88. The third kappa shape index (κ3) is 5.67. The quantitative estimate of drug-likeness (QED) is 0.602. The van der Waals surface area contributed by atoms with E-state index >= 15 is 0 Å². The smallest absolute Gasteiger partial charge is 0.416 e. The standard InChI is InChI=1S/C20H18F3NO4/c1-12-3-5-14(6-4-12)18(26)13(2)28-17(25)11-24-19(27)15-7-9-16(10-8-15)20(21,22)23/h3-10,13H,11H2,1-2H3,(H,24,27)/t13-/m1/s1. The third-order valence-electron chi connectivity index (χ3n) is 3.88. The zero-order valence-electron chi connectivity index (χ0n) is 15.2. The first-order chi connectivity index (χ1) is 13.1. The Morgan fingerprint density at radius 2 is 1.50 bits per heavy atom. The van der Waals surface area contributed by atoms with E-state index in [0.717, 1.165) is 29.8 Å². The molecule has 0 aliphatic carbocycles. The molecule has 0 saturated heterocycles. The molecule has 5 nitrogen and oxygen atoms in total. The van der Waals surface area contributed by atoms with Crippen LogP contribution in [0.3, 0.4) is 0 Å². The molecule has 0 aromatic heterocycles. The normalized spacial score (nSPS) is 12.2. The van der Waals surface area contributed by atoms with Crippen molar-refractivity contribution in [1.29, 1.82) is 0 Å². The van der Waals surface area contributed by atoms with Crippen LogP contribution in [0.25, 0.3) is 0 Å². The van der Waals surface area contributed by atoms with Gasteiger partial charge in [0.15, 0.2) is 6.10 Å². The second-order valence-electron chi connectivity index (χ2n) is 6.12. The van der Waals surface area contributed by atoms with Gasteiger partial charge < -0.3 is 10.1 Å². The van der Waals surface area contributed by atoms with Gasteiger partial charge in [-0.05, 0) is 38.1 Å². The fraction of sp³-hybridized carbons (Fsp3) is 0.250. The van der Waals surface area contributed by atoms with Crippen molar-refractivity contribution in [1.82, 2.24) is 5.32 Å². The maximum Gasteiger partial charge on any atom is 0.416 e. The van der Waals surface area contributed by atoms with E-state index in [1.807, 2.05) is 6.92 Å². The summed E-state index contributed by atoms with van der Waals surface area (Å²) in [6.45, 7) is 2.76. The number of hydrogen-bond donors (Lipinski definition) is 1. The number of esters is 1. The Hall–Kier alpha value is -3.16. The zero-order valence-corrected chi connectivity index (χ0v) is 15.2. The van der Waals surface area contributed by atoms with Crippen LogP contribution >= 0.6 is 0 Å². The van der Waals surface area contributed by atoms with Gasteiger partial charge in [-0.1, -0.05) is 29.8 Å². The fourth-order valence-corrected chi connectivity index (χ4v) is 2.31. The number of rotatable bonds is 6. The molecule has 0 saturated carbocycles. The number of ether oxygens (including phenoxy) is 1. The van der Waals surface area contributed by atoms with Gasteiger partial charge in [0.1, 0.15) is 6.54 Å². The number of amides is 1. The molecule has 1 N–H and O–H groups in total. The summed E-state index contributed by atoms with van der Waals surface area (Å²) >= 11 is 0. The lowest BCUT2D eigenvalue weighted by Crippen LogP contribution is -2.34. The van der Waals surface area contributed by atoms with Crippen molar-refractivity contribution in [2.24, 2.45) is 0 Å². The molecule has 2 rings (SSSR count). The summed E-state index contributed by atoms with van der Waals surface area (Å²) in [5.41, 5.74) is 0.448. The van der Waals surface area contributed by atoms with E-state index in [1.165, 1.54) is 6.92 Å². The van der Waals surface area contributed by atoms with Gasteiger partial charge in [-0.3, -0.25) is 14.4 Å². The summed E-state index contributed by atoms with van der Waals surface area (Å²) < 4.78 is 42.5. The largest absolute Gasteiger partial charge is 0.453 e. The second-order valence-corrected chi connectivity index (χ2v) is 6.12. The van der Waals surface area contributed by atoms with Crippen molar-refractivity contribution >= 4 is 17.7 Å². The Morgan fingerprint density at radius 3 is 2.04 bits per heavy atom. The highest BCUT2D eigenvalue weighted by Gasteiger charge is 2.30. The first-order valence-electron chi connectivity index (χ1n) is 8.34. The number of carbonyl (C=O) groups is 3. The number of benzene rings is 2. The van der Waals surface area contributed by atoms with E-state index in [-0.39, 0.29) is 11.3 Å². The second kappa shape index (κ2) is 8.69. The molecule has 0 bridgehead atoms. The van der Waals surface area contributed by atoms with Crippen LogP contribution in [0.15, 0.2) is 48.5 Å². The minimum Gasteiger partial charge on any atom is -0.453 e. The minimum atomic E-state index is -4.50. The summed E-state index contributed by atoms with van der Waals surface area (Å²) in [4.78, 5) is 36.0. The SMILES string of the molecule is Cc1ccc(C(=O)[C@@H](C)OC(=O)CNC(=O)c2ccc(C(F)(F)F)cc2)cc1. The Balaban J connectivity index is 1.86. The Kier molecular flexibility index (Phi) is 6.56. The van der Waals surface area contributed by atoms with E-state index in [1.54, 1.807) is 24.3 Å². The van der Waals surface area contributed by atoms with Crippen LogP contribution in [0.1, 0.15) is 38.8 Å². The molecule has 2 aromatic rings. The molecule has 8 heteroatoms. The molecular weight excluding hydrogens is 375 g/mol. The van der Waals surface area contributed by atoms with Gasteiger partial charge in [0.2, 0.25) is 5.78 Å². The highest BCUT2D eigenvalue weighted by molar-refractivity contribution is 6.00. The Morgan fingerprint density at radius 1 is 0.964 bits per heavy atom. The van der Waals surface area contributed by atoms with Crippen LogP contribution in [0.2, 0.25) is 0 Å². The van der Waals surface area contributed by atoms with Crippen molar-refractivity contribution < 1.29 is 32.3 Å². The van der Waals surface area contributed by atoms with Gasteiger partial charge in [-0.2, -0.15) is 13.2 Å². The van der Waals surface area contributed by atoms with E-state index in [4.69, 9.17) is 4.74 Å². The van der Waals surface area contributed by atoms with E-state index in [0.29, 0.717) is 5.56 Å². The summed E-state index contributed by atoms with van der Waals surface area (Å²) in [6.07, 6.45) is -5.54. The molecule has 0 heterocycles.